The summed E-state index contributed by atoms with van der Waals surface area (Å²) < 4.78 is 31.5. The van der Waals surface area contributed by atoms with Crippen molar-refractivity contribution in [1.29, 1.82) is 0 Å². The van der Waals surface area contributed by atoms with Gasteiger partial charge < -0.3 is 20.3 Å². The Kier molecular flexibility index (Phi) is 10.7. The van der Waals surface area contributed by atoms with Gasteiger partial charge in [0.25, 0.3) is 0 Å². The number of hydrogen-bond acceptors (Lipinski definition) is 3. The fraction of sp³-hybridized carbons (Fsp3) is 0.588. The second kappa shape index (κ2) is 12.2. The molecule has 0 aliphatic carbocycles. The number of ether oxygens (including phenoxy) is 1. The average Bonchev–Trinajstić information content (AvgIpc) is 2.59. The molecule has 1 aliphatic heterocycles. The fourth-order valence-corrected chi connectivity index (χ4v) is 2.66. The third kappa shape index (κ3) is 8.17. The Balaban J connectivity index is 0.00000312. The van der Waals surface area contributed by atoms with Gasteiger partial charge in [-0.15, -0.1) is 24.0 Å². The van der Waals surface area contributed by atoms with E-state index in [2.05, 4.69) is 20.5 Å². The van der Waals surface area contributed by atoms with E-state index >= 15 is 0 Å². The Morgan fingerprint density at radius 3 is 2.56 bits per heavy atom. The summed E-state index contributed by atoms with van der Waals surface area (Å²) in [6.45, 7) is 4.90. The lowest BCUT2D eigenvalue weighted by Gasteiger charge is -2.26. The van der Waals surface area contributed by atoms with Crippen molar-refractivity contribution in [3.8, 4) is 5.75 Å². The molecule has 0 spiro atoms. The van der Waals surface area contributed by atoms with Crippen molar-refractivity contribution in [2.24, 2.45) is 4.99 Å². The van der Waals surface area contributed by atoms with Crippen LogP contribution in [0.3, 0.4) is 0 Å². The minimum atomic E-state index is -0.695. The smallest absolute Gasteiger partial charge is 0.191 e. The van der Waals surface area contributed by atoms with Crippen LogP contribution in [0.1, 0.15) is 19.3 Å². The molecule has 8 heteroatoms. The summed E-state index contributed by atoms with van der Waals surface area (Å²) in [7, 11) is 1.71. The Morgan fingerprint density at radius 1 is 1.16 bits per heavy atom. The van der Waals surface area contributed by atoms with E-state index in [0.717, 1.165) is 19.2 Å². The van der Waals surface area contributed by atoms with Gasteiger partial charge in [-0.05, 0) is 38.1 Å². The molecule has 1 heterocycles. The first kappa shape index (κ1) is 21.9. The van der Waals surface area contributed by atoms with Crippen molar-refractivity contribution in [2.75, 3.05) is 46.4 Å². The van der Waals surface area contributed by atoms with E-state index < -0.39 is 11.6 Å². The Bertz CT molecular complexity index is 539. The van der Waals surface area contributed by atoms with Crippen molar-refractivity contribution >= 4 is 29.9 Å². The first-order valence-corrected chi connectivity index (χ1v) is 8.44. The maximum Gasteiger partial charge on any atom is 0.191 e. The molecule has 1 aromatic rings. The molecule has 0 atom stereocenters. The van der Waals surface area contributed by atoms with Gasteiger partial charge in [-0.25, -0.2) is 8.78 Å². The minimum Gasteiger partial charge on any atom is -0.489 e. The lowest BCUT2D eigenvalue weighted by Crippen LogP contribution is -2.43. The highest BCUT2D eigenvalue weighted by molar-refractivity contribution is 14.0. The van der Waals surface area contributed by atoms with E-state index in [1.165, 1.54) is 44.5 Å². The summed E-state index contributed by atoms with van der Waals surface area (Å²) in [5, 5.41) is 6.36. The van der Waals surface area contributed by atoms with Gasteiger partial charge in [0.2, 0.25) is 0 Å². The highest BCUT2D eigenvalue weighted by Crippen LogP contribution is 2.17. The van der Waals surface area contributed by atoms with Crippen molar-refractivity contribution in [3.63, 3.8) is 0 Å². The van der Waals surface area contributed by atoms with Gasteiger partial charge in [0.05, 0.1) is 6.54 Å². The summed E-state index contributed by atoms with van der Waals surface area (Å²) in [5.41, 5.74) is 0. The average molecular weight is 468 g/mol. The summed E-state index contributed by atoms with van der Waals surface area (Å²) >= 11 is 0. The van der Waals surface area contributed by atoms with Gasteiger partial charge in [0, 0.05) is 26.2 Å². The topological polar surface area (TPSA) is 48.9 Å². The summed E-state index contributed by atoms with van der Waals surface area (Å²) in [4.78, 5) is 6.59. The summed E-state index contributed by atoms with van der Waals surface area (Å²) in [6.07, 6.45) is 3.90. The molecule has 2 rings (SSSR count). The number of nitrogens with zero attached hydrogens (tertiary/aromatic N) is 2. The standard InChI is InChI=1S/C17H26F2N4O.HI/c1-20-17(21-7-11-23-9-3-2-4-10-23)22-8-12-24-16-6-5-14(18)13-15(16)19;/h5-6,13H,2-4,7-12H2,1H3,(H2,20,21,22);1H. The number of guanidine groups is 1. The monoisotopic (exact) mass is 468 g/mol. The van der Waals surface area contributed by atoms with Crippen molar-refractivity contribution < 1.29 is 13.5 Å². The van der Waals surface area contributed by atoms with Crippen molar-refractivity contribution in [2.45, 2.75) is 19.3 Å². The predicted molar refractivity (Wildman–Crippen MR) is 107 cm³/mol. The second-order valence-electron chi connectivity index (χ2n) is 5.75. The predicted octanol–water partition coefficient (Wildman–Crippen LogP) is 2.61. The van der Waals surface area contributed by atoms with Crippen molar-refractivity contribution in [1.82, 2.24) is 15.5 Å². The van der Waals surface area contributed by atoms with Crippen LogP contribution >= 0.6 is 24.0 Å². The fourth-order valence-electron chi connectivity index (χ4n) is 2.66. The number of aliphatic imine (C=N–C) groups is 1. The minimum absolute atomic E-state index is 0. The molecule has 0 aromatic heterocycles. The van der Waals surface area contributed by atoms with Crippen LogP contribution < -0.4 is 15.4 Å². The van der Waals surface area contributed by atoms with Gasteiger partial charge >= 0.3 is 0 Å². The molecule has 5 nitrogen and oxygen atoms in total. The second-order valence-corrected chi connectivity index (χ2v) is 5.75. The van der Waals surface area contributed by atoms with E-state index in [9.17, 15) is 8.78 Å². The number of nitrogens with one attached hydrogen (secondary N) is 2. The molecule has 25 heavy (non-hydrogen) atoms. The van der Waals surface area contributed by atoms with Gasteiger partial charge in [0.1, 0.15) is 12.4 Å². The number of hydrogen-bond donors (Lipinski definition) is 2. The molecule has 0 bridgehead atoms. The largest absolute Gasteiger partial charge is 0.489 e. The van der Waals surface area contributed by atoms with Crippen LogP contribution in [-0.2, 0) is 0 Å². The van der Waals surface area contributed by atoms with E-state index in [1.807, 2.05) is 0 Å². The normalized spacial score (nSPS) is 15.4. The number of rotatable bonds is 7. The Morgan fingerprint density at radius 2 is 1.88 bits per heavy atom. The maximum absolute atomic E-state index is 13.4. The molecule has 1 aliphatic rings. The van der Waals surface area contributed by atoms with Crippen LogP contribution in [-0.4, -0.2) is 57.2 Å². The van der Waals surface area contributed by atoms with Crippen LogP contribution in [0.5, 0.6) is 5.75 Å². The van der Waals surface area contributed by atoms with Crippen LogP contribution in [0.4, 0.5) is 8.78 Å². The quantitative estimate of drug-likeness (QED) is 0.280. The molecule has 0 unspecified atom stereocenters. The third-order valence-corrected chi connectivity index (χ3v) is 3.94. The zero-order chi connectivity index (χ0) is 17.2. The maximum atomic E-state index is 13.4. The van der Waals surface area contributed by atoms with E-state index in [-0.39, 0.29) is 36.3 Å². The summed E-state index contributed by atoms with van der Waals surface area (Å²) in [5.74, 6) is -0.572. The van der Waals surface area contributed by atoms with Gasteiger partial charge in [0.15, 0.2) is 17.5 Å². The lowest BCUT2D eigenvalue weighted by molar-refractivity contribution is 0.232. The van der Waals surface area contributed by atoms with Crippen molar-refractivity contribution in [3.05, 3.63) is 29.8 Å². The van der Waals surface area contributed by atoms with Gasteiger partial charge in [-0.3, -0.25) is 4.99 Å². The summed E-state index contributed by atoms with van der Waals surface area (Å²) in [6, 6.07) is 3.27. The third-order valence-electron chi connectivity index (χ3n) is 3.94. The van der Waals surface area contributed by atoms with Gasteiger partial charge in [-0.1, -0.05) is 6.42 Å². The Hall–Kier alpha value is -1.16. The first-order chi connectivity index (χ1) is 11.7. The molecule has 1 fully saturated rings. The molecule has 1 aromatic carbocycles. The van der Waals surface area contributed by atoms with Crippen LogP contribution in [0.25, 0.3) is 0 Å². The molecule has 0 radical (unpaired) electrons. The number of piperidine rings is 1. The molecule has 0 saturated carbocycles. The molecule has 142 valence electrons. The van der Waals surface area contributed by atoms with E-state index in [4.69, 9.17) is 4.74 Å². The van der Waals surface area contributed by atoms with E-state index in [0.29, 0.717) is 12.5 Å². The zero-order valence-corrected chi connectivity index (χ0v) is 16.9. The molecule has 2 N–H and O–H groups in total. The lowest BCUT2D eigenvalue weighted by atomic mass is 10.1. The highest BCUT2D eigenvalue weighted by atomic mass is 127. The van der Waals surface area contributed by atoms with Crippen LogP contribution in [0.2, 0.25) is 0 Å². The van der Waals surface area contributed by atoms with Crippen LogP contribution in [0.15, 0.2) is 23.2 Å². The Labute approximate surface area is 165 Å². The highest BCUT2D eigenvalue weighted by Gasteiger charge is 2.09. The molecular formula is C17H27F2IN4O. The molecule has 0 amide bonds. The van der Waals surface area contributed by atoms with Crippen LogP contribution in [0, 0.1) is 11.6 Å². The first-order valence-electron chi connectivity index (χ1n) is 8.44. The van der Waals surface area contributed by atoms with E-state index in [1.54, 1.807) is 7.05 Å². The number of halogens is 3. The van der Waals surface area contributed by atoms with Gasteiger partial charge in [-0.2, -0.15) is 0 Å². The number of likely N-dealkylation sites (tertiary alicyclic amines) is 1. The molecular weight excluding hydrogens is 441 g/mol. The number of benzene rings is 1. The zero-order valence-electron chi connectivity index (χ0n) is 14.6. The SMILES string of the molecule is CN=C(NCCOc1ccc(F)cc1F)NCCN1CCCCC1.I. The molecule has 1 saturated heterocycles.